The number of aromatic amines is 1. The molecule has 2 N–H and O–H groups in total. The number of pyridine rings is 1. The molecule has 10 heteroatoms. The van der Waals surface area contributed by atoms with Crippen LogP contribution < -0.4 is 10.5 Å². The first kappa shape index (κ1) is 22.2. The van der Waals surface area contributed by atoms with Crippen LogP contribution >= 0.6 is 0 Å². The first-order chi connectivity index (χ1) is 15.0. The second-order valence-electron chi connectivity index (χ2n) is 7.74. The maximum atomic E-state index is 13.6. The highest BCUT2D eigenvalue weighted by molar-refractivity contribution is 5.86. The number of anilines is 1. The average Bonchev–Trinajstić information content (AvgIpc) is 3.16. The van der Waals surface area contributed by atoms with E-state index in [4.69, 9.17) is 0 Å². The molecule has 0 aliphatic carbocycles. The van der Waals surface area contributed by atoms with Crippen molar-refractivity contribution in [2.45, 2.75) is 43.4 Å². The third kappa shape index (κ3) is 4.06. The number of benzene rings is 2. The Bertz CT molecular complexity index is 1170. The van der Waals surface area contributed by atoms with E-state index >= 15 is 0 Å². The third-order valence-electron chi connectivity index (χ3n) is 5.74. The molecule has 3 aromatic rings. The highest BCUT2D eigenvalue weighted by Crippen LogP contribution is 2.45. The number of aliphatic hydroxyl groups excluding tert-OH is 1. The minimum absolute atomic E-state index is 0.00394. The molecule has 1 aliphatic heterocycles. The molecule has 2 heterocycles. The summed E-state index contributed by atoms with van der Waals surface area (Å²) < 4.78 is 80.8. The van der Waals surface area contributed by atoms with Crippen molar-refractivity contribution in [2.24, 2.45) is 0 Å². The van der Waals surface area contributed by atoms with Gasteiger partial charge in [0.05, 0.1) is 17.6 Å². The van der Waals surface area contributed by atoms with Gasteiger partial charge in [0.25, 0.3) is 0 Å². The molecule has 1 fully saturated rings. The summed E-state index contributed by atoms with van der Waals surface area (Å²) in [5, 5.41) is 9.68. The molecule has 4 rings (SSSR count). The SMILES string of the molecule is O=c1cc(C(F)(F)F)c2cc(N3C(c4ccccc4)CC[C@@H]3[C@H](O)C(F)(F)F)ccc2[nH]1. The van der Waals surface area contributed by atoms with Crippen LogP contribution in [0.1, 0.15) is 30.0 Å². The molecule has 1 aliphatic rings. The van der Waals surface area contributed by atoms with Crippen molar-refractivity contribution < 1.29 is 31.4 Å². The van der Waals surface area contributed by atoms with E-state index in [0.29, 0.717) is 11.6 Å². The van der Waals surface area contributed by atoms with Crippen molar-refractivity contribution >= 4 is 16.6 Å². The van der Waals surface area contributed by atoms with E-state index in [-0.39, 0.29) is 29.4 Å². The molecule has 0 amide bonds. The van der Waals surface area contributed by atoms with Crippen LogP contribution in [-0.4, -0.2) is 28.4 Å². The second kappa shape index (κ2) is 7.84. The summed E-state index contributed by atoms with van der Waals surface area (Å²) in [5.41, 5.74) is -1.43. The Hall–Kier alpha value is -3.01. The number of rotatable bonds is 3. The van der Waals surface area contributed by atoms with Gasteiger partial charge in [-0.05, 0) is 36.6 Å². The van der Waals surface area contributed by atoms with E-state index in [2.05, 4.69) is 4.98 Å². The zero-order chi connectivity index (χ0) is 23.3. The van der Waals surface area contributed by atoms with Gasteiger partial charge in [-0.2, -0.15) is 26.3 Å². The van der Waals surface area contributed by atoms with Gasteiger partial charge in [0, 0.05) is 22.7 Å². The van der Waals surface area contributed by atoms with Crippen molar-refractivity contribution in [1.82, 2.24) is 4.98 Å². The van der Waals surface area contributed by atoms with Crippen LogP contribution in [-0.2, 0) is 6.18 Å². The lowest BCUT2D eigenvalue weighted by Crippen LogP contribution is -2.47. The van der Waals surface area contributed by atoms with E-state index < -0.39 is 41.7 Å². The van der Waals surface area contributed by atoms with Crippen LogP contribution in [0.25, 0.3) is 10.9 Å². The summed E-state index contributed by atoms with van der Waals surface area (Å²) in [6.45, 7) is 0. The Morgan fingerprint density at radius 3 is 2.28 bits per heavy atom. The Labute approximate surface area is 178 Å². The maximum Gasteiger partial charge on any atom is 0.417 e. The predicted molar refractivity (Wildman–Crippen MR) is 106 cm³/mol. The number of nitrogens with zero attached hydrogens (tertiary/aromatic N) is 1. The Kier molecular flexibility index (Phi) is 5.44. The quantitative estimate of drug-likeness (QED) is 0.534. The van der Waals surface area contributed by atoms with Gasteiger partial charge < -0.3 is 15.0 Å². The molecule has 4 nitrogen and oxygen atoms in total. The Morgan fingerprint density at radius 2 is 1.66 bits per heavy atom. The number of nitrogens with one attached hydrogen (secondary N) is 1. The lowest BCUT2D eigenvalue weighted by atomic mass is 10.0. The molecule has 2 aromatic carbocycles. The fourth-order valence-electron chi connectivity index (χ4n) is 4.38. The van der Waals surface area contributed by atoms with Gasteiger partial charge in [-0.15, -0.1) is 0 Å². The number of fused-ring (bicyclic) bond motifs is 1. The number of H-pyrrole nitrogens is 1. The number of aromatic nitrogens is 1. The normalized spacial score (nSPS) is 20.7. The summed E-state index contributed by atoms with van der Waals surface area (Å²) in [6, 6.07) is 10.8. The number of alkyl halides is 6. The highest BCUT2D eigenvalue weighted by Gasteiger charge is 2.50. The van der Waals surface area contributed by atoms with Gasteiger partial charge in [-0.3, -0.25) is 4.79 Å². The molecule has 0 bridgehead atoms. The average molecular weight is 456 g/mol. The van der Waals surface area contributed by atoms with Crippen LogP contribution in [0.4, 0.5) is 32.0 Å². The molecule has 0 spiro atoms. The monoisotopic (exact) mass is 456 g/mol. The van der Waals surface area contributed by atoms with Gasteiger partial charge in [-0.1, -0.05) is 30.3 Å². The first-order valence-electron chi connectivity index (χ1n) is 9.79. The zero-order valence-electron chi connectivity index (χ0n) is 16.4. The first-order valence-corrected chi connectivity index (χ1v) is 9.79. The van der Waals surface area contributed by atoms with Crippen LogP contribution in [0, 0.1) is 0 Å². The van der Waals surface area contributed by atoms with Crippen molar-refractivity contribution in [3.63, 3.8) is 0 Å². The summed E-state index contributed by atoms with van der Waals surface area (Å²) in [7, 11) is 0. The smallest absolute Gasteiger partial charge is 0.382 e. The van der Waals surface area contributed by atoms with Gasteiger partial charge in [0.2, 0.25) is 5.56 Å². The Morgan fingerprint density at radius 1 is 0.969 bits per heavy atom. The molecule has 1 aromatic heterocycles. The number of hydrogen-bond acceptors (Lipinski definition) is 3. The second-order valence-corrected chi connectivity index (χ2v) is 7.74. The molecular formula is C22H18F6N2O2. The highest BCUT2D eigenvalue weighted by atomic mass is 19.4. The maximum absolute atomic E-state index is 13.6. The topological polar surface area (TPSA) is 56.3 Å². The van der Waals surface area contributed by atoms with E-state index in [9.17, 15) is 36.2 Å². The minimum Gasteiger partial charge on any atom is -0.382 e. The van der Waals surface area contributed by atoms with Crippen molar-refractivity contribution in [3.8, 4) is 0 Å². The molecule has 170 valence electrons. The lowest BCUT2D eigenvalue weighted by molar-refractivity contribution is -0.209. The van der Waals surface area contributed by atoms with Gasteiger partial charge in [-0.25, -0.2) is 0 Å². The number of hydrogen-bond donors (Lipinski definition) is 2. The van der Waals surface area contributed by atoms with E-state index in [0.717, 1.165) is 6.07 Å². The summed E-state index contributed by atoms with van der Waals surface area (Å²) in [4.78, 5) is 15.3. The molecule has 1 unspecified atom stereocenters. The standard InChI is InChI=1S/C22H18F6N2O2/c23-21(24,25)15-11-19(31)29-16-7-6-13(10-14(15)16)30-17(12-4-2-1-3-5-12)8-9-18(30)20(32)22(26,27)28/h1-7,10-11,17-18,20,32H,8-9H2,(H,29,31)/t17?,18-,20+/m1/s1. The number of halogens is 6. The van der Waals surface area contributed by atoms with E-state index in [1.54, 1.807) is 30.3 Å². The molecule has 1 saturated heterocycles. The Balaban J connectivity index is 1.89. The van der Waals surface area contributed by atoms with Gasteiger partial charge in [0.15, 0.2) is 6.10 Å². The summed E-state index contributed by atoms with van der Waals surface area (Å²) in [5.74, 6) is 0. The van der Waals surface area contributed by atoms with Crippen LogP contribution in [0.3, 0.4) is 0 Å². The molecule has 0 radical (unpaired) electrons. The van der Waals surface area contributed by atoms with E-state index in [1.165, 1.54) is 17.0 Å². The summed E-state index contributed by atoms with van der Waals surface area (Å²) >= 11 is 0. The van der Waals surface area contributed by atoms with Crippen LogP contribution in [0.5, 0.6) is 0 Å². The van der Waals surface area contributed by atoms with Crippen molar-refractivity contribution in [1.29, 1.82) is 0 Å². The van der Waals surface area contributed by atoms with E-state index in [1.807, 2.05) is 0 Å². The molecule has 32 heavy (non-hydrogen) atoms. The molecule has 3 atom stereocenters. The number of aliphatic hydroxyl groups is 1. The predicted octanol–water partition coefficient (Wildman–Crippen LogP) is 5.18. The summed E-state index contributed by atoms with van der Waals surface area (Å²) in [6.07, 6.45) is -12.1. The van der Waals surface area contributed by atoms with Gasteiger partial charge >= 0.3 is 12.4 Å². The molecule has 0 saturated carbocycles. The third-order valence-corrected chi connectivity index (χ3v) is 5.74. The zero-order valence-corrected chi connectivity index (χ0v) is 16.4. The largest absolute Gasteiger partial charge is 0.417 e. The minimum atomic E-state index is -4.90. The lowest BCUT2D eigenvalue weighted by Gasteiger charge is -2.36. The van der Waals surface area contributed by atoms with Crippen molar-refractivity contribution in [2.75, 3.05) is 4.90 Å². The fourth-order valence-corrected chi connectivity index (χ4v) is 4.38. The van der Waals surface area contributed by atoms with Crippen LogP contribution in [0.15, 0.2) is 59.4 Å². The van der Waals surface area contributed by atoms with Crippen LogP contribution in [0.2, 0.25) is 0 Å². The van der Waals surface area contributed by atoms with Gasteiger partial charge in [0.1, 0.15) is 0 Å². The fraction of sp³-hybridized carbons (Fsp3) is 0.318. The van der Waals surface area contributed by atoms with Crippen molar-refractivity contribution in [3.05, 3.63) is 76.1 Å². The molecular weight excluding hydrogens is 438 g/mol.